The number of hydrogen-bond acceptors (Lipinski definition) is 2. The lowest BCUT2D eigenvalue weighted by atomic mass is 9.80. The van der Waals surface area contributed by atoms with Crippen molar-refractivity contribution in [2.24, 2.45) is 29.4 Å². The first-order valence-electron chi connectivity index (χ1n) is 17.1. The van der Waals surface area contributed by atoms with E-state index in [9.17, 15) is 0 Å². The average molecular weight is 553 g/mol. The monoisotopic (exact) mass is 553 g/mol. The first-order valence-corrected chi connectivity index (χ1v) is 17.1. The molecule has 0 aromatic heterocycles. The van der Waals surface area contributed by atoms with Gasteiger partial charge in [0.05, 0.1) is 0 Å². The predicted octanol–water partition coefficient (Wildman–Crippen LogP) is 10.8. The Bertz CT molecular complexity index is 749. The van der Waals surface area contributed by atoms with Crippen LogP contribution >= 0.6 is 0 Å². The van der Waals surface area contributed by atoms with Crippen LogP contribution in [0.25, 0.3) is 0 Å². The maximum absolute atomic E-state index is 6.42. The van der Waals surface area contributed by atoms with Crippen molar-refractivity contribution in [3.63, 3.8) is 0 Å². The van der Waals surface area contributed by atoms with Gasteiger partial charge in [0.1, 0.15) is 0 Å². The van der Waals surface area contributed by atoms with Gasteiger partial charge in [0, 0.05) is 6.04 Å². The zero-order chi connectivity index (χ0) is 29.6. The quantitative estimate of drug-likeness (QED) is 0.182. The van der Waals surface area contributed by atoms with Crippen LogP contribution in [0.2, 0.25) is 0 Å². The first kappa shape index (κ1) is 36.6. The van der Waals surface area contributed by atoms with Crippen LogP contribution in [0.5, 0.6) is 0 Å². The van der Waals surface area contributed by atoms with E-state index in [4.69, 9.17) is 5.73 Å². The van der Waals surface area contributed by atoms with E-state index in [0.29, 0.717) is 17.9 Å². The van der Waals surface area contributed by atoms with Crippen LogP contribution in [0.4, 0.5) is 0 Å². The molecule has 3 aliphatic rings. The van der Waals surface area contributed by atoms with Crippen LogP contribution in [-0.2, 0) is 0 Å². The van der Waals surface area contributed by atoms with E-state index in [1.807, 2.05) is 0 Å². The van der Waals surface area contributed by atoms with E-state index in [2.05, 4.69) is 95.6 Å². The van der Waals surface area contributed by atoms with Crippen molar-refractivity contribution < 1.29 is 0 Å². The van der Waals surface area contributed by atoms with Crippen LogP contribution in [0.15, 0.2) is 60.3 Å². The third kappa shape index (κ3) is 16.2. The van der Waals surface area contributed by atoms with E-state index < -0.39 is 0 Å². The van der Waals surface area contributed by atoms with Crippen molar-refractivity contribution in [1.29, 1.82) is 0 Å². The number of hydrogen-bond donors (Lipinski definition) is 1. The van der Waals surface area contributed by atoms with Gasteiger partial charge in [0.15, 0.2) is 0 Å². The van der Waals surface area contributed by atoms with E-state index >= 15 is 0 Å². The number of allylic oxidation sites excluding steroid dienone is 9. The first-order chi connectivity index (χ1) is 19.3. The molecule has 230 valence electrons. The van der Waals surface area contributed by atoms with Gasteiger partial charge in [-0.1, -0.05) is 108 Å². The molecule has 1 saturated heterocycles. The minimum absolute atomic E-state index is 0.361. The zero-order valence-corrected chi connectivity index (χ0v) is 27.7. The molecule has 2 heteroatoms. The molecule has 2 aliphatic carbocycles. The van der Waals surface area contributed by atoms with Crippen LogP contribution in [-0.4, -0.2) is 30.6 Å². The van der Waals surface area contributed by atoms with Gasteiger partial charge in [-0.15, -0.1) is 6.58 Å². The largest absolute Gasteiger partial charge is 0.327 e. The fourth-order valence-electron chi connectivity index (χ4n) is 6.41. The normalized spacial score (nSPS) is 26.5. The number of rotatable bonds is 13. The highest BCUT2D eigenvalue weighted by Gasteiger charge is 2.39. The summed E-state index contributed by atoms with van der Waals surface area (Å²) in [6, 6.07) is 0.361. The van der Waals surface area contributed by atoms with Crippen molar-refractivity contribution in [3.05, 3.63) is 60.3 Å². The summed E-state index contributed by atoms with van der Waals surface area (Å²) in [5.41, 5.74) is 9.20. The zero-order valence-electron chi connectivity index (χ0n) is 27.7. The molecule has 40 heavy (non-hydrogen) atoms. The maximum Gasteiger partial charge on any atom is 0.00810 e. The Morgan fingerprint density at radius 1 is 1.00 bits per heavy atom. The van der Waals surface area contributed by atoms with Crippen molar-refractivity contribution in [1.82, 2.24) is 4.90 Å². The van der Waals surface area contributed by atoms with Crippen molar-refractivity contribution in [3.8, 4) is 0 Å². The molecule has 2 fully saturated rings. The second kappa shape index (κ2) is 23.2. The lowest BCUT2D eigenvalue weighted by Gasteiger charge is -2.26. The fourth-order valence-corrected chi connectivity index (χ4v) is 6.41. The Balaban J connectivity index is 0.000000365. The van der Waals surface area contributed by atoms with Crippen LogP contribution < -0.4 is 5.73 Å². The molecule has 0 aromatic carbocycles. The molecule has 5 unspecified atom stereocenters. The van der Waals surface area contributed by atoms with Crippen LogP contribution in [0.3, 0.4) is 0 Å². The Hall–Kier alpha value is -1.38. The molecule has 0 aromatic rings. The summed E-state index contributed by atoms with van der Waals surface area (Å²) in [5.74, 6) is 2.62. The van der Waals surface area contributed by atoms with Crippen molar-refractivity contribution in [2.75, 3.05) is 19.6 Å². The molecule has 3 rings (SSSR count). The Kier molecular flexibility index (Phi) is 21.3. The topological polar surface area (TPSA) is 29.3 Å². The van der Waals surface area contributed by atoms with Crippen molar-refractivity contribution >= 4 is 0 Å². The predicted molar refractivity (Wildman–Crippen MR) is 182 cm³/mol. The Morgan fingerprint density at radius 3 is 2.33 bits per heavy atom. The number of nitrogens with zero attached hydrogens (tertiary/aromatic N) is 1. The third-order valence-electron chi connectivity index (χ3n) is 9.03. The molecule has 0 spiro atoms. The summed E-state index contributed by atoms with van der Waals surface area (Å²) in [6.45, 7) is 21.3. The van der Waals surface area contributed by atoms with E-state index in [1.54, 1.807) is 0 Å². The second-order valence-electron chi connectivity index (χ2n) is 12.9. The summed E-state index contributed by atoms with van der Waals surface area (Å²) in [4.78, 5) is 2.57. The highest BCUT2D eigenvalue weighted by Crippen LogP contribution is 2.41. The summed E-state index contributed by atoms with van der Waals surface area (Å²) in [7, 11) is 0. The van der Waals surface area contributed by atoms with E-state index in [1.165, 1.54) is 121 Å². The second-order valence-corrected chi connectivity index (χ2v) is 12.9. The average Bonchev–Trinajstić information content (AvgIpc) is 3.08. The van der Waals surface area contributed by atoms with Gasteiger partial charge in [-0.3, -0.25) is 0 Å². The lowest BCUT2D eigenvalue weighted by molar-refractivity contribution is 0.229. The molecule has 0 amide bonds. The SMILES string of the molecule is C=C(C)CCC/C=C\C.CCCCCCCC1=CC=CC(C2C(N)CC(C)C2C)C=C1.CCCN1CCCCC1. The fraction of sp³-hybridized carbons (Fsp3) is 0.737. The molecule has 0 bridgehead atoms. The highest BCUT2D eigenvalue weighted by molar-refractivity contribution is 5.29. The minimum atomic E-state index is 0.361. The van der Waals surface area contributed by atoms with Crippen LogP contribution in [0.1, 0.15) is 131 Å². The number of nitrogens with two attached hydrogens (primary N) is 1. The molecule has 2 N–H and O–H groups in total. The minimum Gasteiger partial charge on any atom is -0.327 e. The van der Waals surface area contributed by atoms with Crippen LogP contribution in [0, 0.1) is 23.7 Å². The molecular formula is C38H68N2. The summed E-state index contributed by atoms with van der Waals surface area (Å²) >= 11 is 0. The molecule has 1 saturated carbocycles. The summed E-state index contributed by atoms with van der Waals surface area (Å²) < 4.78 is 0. The van der Waals surface area contributed by atoms with Gasteiger partial charge in [-0.2, -0.15) is 0 Å². The third-order valence-corrected chi connectivity index (χ3v) is 9.03. The van der Waals surface area contributed by atoms with Gasteiger partial charge in [-0.25, -0.2) is 0 Å². The Morgan fingerprint density at radius 2 is 1.73 bits per heavy atom. The van der Waals surface area contributed by atoms with Gasteiger partial charge < -0.3 is 10.6 Å². The standard InChI is InChI=1S/C21H35N.C9H16.C8H17N/c1-4-5-6-7-8-10-18-11-9-12-19(14-13-18)21-17(3)16(2)15-20(21)22;1-4-5-6-7-8-9(2)3;1-2-6-9-7-4-3-5-8-9/h9,11-14,16-17,19-21H,4-8,10,15,22H2,1-3H3;4-5H,2,6-8H2,1,3H3;2-8H2,1H3/b;5-4-;. The smallest absolute Gasteiger partial charge is 0.00810 e. The summed E-state index contributed by atoms with van der Waals surface area (Å²) in [5, 5.41) is 0. The molecule has 1 aliphatic heterocycles. The molecular weight excluding hydrogens is 484 g/mol. The van der Waals surface area contributed by atoms with Gasteiger partial charge in [-0.05, 0) is 121 Å². The Labute approximate surface area is 251 Å². The van der Waals surface area contributed by atoms with E-state index in [-0.39, 0.29) is 0 Å². The van der Waals surface area contributed by atoms with Crippen molar-refractivity contribution in [2.45, 2.75) is 137 Å². The van der Waals surface area contributed by atoms with Gasteiger partial charge in [0.25, 0.3) is 0 Å². The molecule has 0 radical (unpaired) electrons. The molecule has 2 nitrogen and oxygen atoms in total. The molecule has 5 atom stereocenters. The lowest BCUT2D eigenvalue weighted by Crippen LogP contribution is -2.31. The van der Waals surface area contributed by atoms with Gasteiger partial charge >= 0.3 is 0 Å². The maximum atomic E-state index is 6.42. The number of likely N-dealkylation sites (tertiary alicyclic amines) is 1. The number of piperidine rings is 1. The summed E-state index contributed by atoms with van der Waals surface area (Å²) in [6.07, 6.45) is 34.5. The molecule has 1 heterocycles. The van der Waals surface area contributed by atoms with Gasteiger partial charge in [0.2, 0.25) is 0 Å². The van der Waals surface area contributed by atoms with E-state index in [0.717, 1.165) is 11.8 Å². The number of unbranched alkanes of at least 4 members (excludes halogenated alkanes) is 5. The highest BCUT2D eigenvalue weighted by atomic mass is 15.1.